The molecule has 0 amide bonds. The number of aryl methyl sites for hydroxylation is 2. The zero-order valence-corrected chi connectivity index (χ0v) is 14.8. The van der Waals surface area contributed by atoms with Gasteiger partial charge in [-0.3, -0.25) is 0 Å². The summed E-state index contributed by atoms with van der Waals surface area (Å²) in [5.41, 5.74) is 2.47. The van der Waals surface area contributed by atoms with Gasteiger partial charge < -0.3 is 14.2 Å². The minimum Gasteiger partial charge on any atom is -0.497 e. The average Bonchev–Trinajstić information content (AvgIpc) is 2.57. The minimum atomic E-state index is -0.478. The molecule has 0 aliphatic heterocycles. The Hall–Kier alpha value is -2.46. The highest BCUT2D eigenvalue weighted by molar-refractivity contribution is 6.32. The topological polar surface area (TPSA) is 44.8 Å². The van der Waals surface area contributed by atoms with E-state index in [4.69, 9.17) is 25.8 Å². The van der Waals surface area contributed by atoms with Crippen LogP contribution in [0.25, 0.3) is 6.08 Å². The first kappa shape index (κ1) is 17.9. The molecule has 0 bridgehead atoms. The van der Waals surface area contributed by atoms with Gasteiger partial charge in [0.25, 0.3) is 0 Å². The fraction of sp³-hybridized carbons (Fsp3) is 0.211. The summed E-state index contributed by atoms with van der Waals surface area (Å²) in [7, 11) is 3.14. The molecular formula is C19H19ClO4. The van der Waals surface area contributed by atoms with Gasteiger partial charge in [0.05, 0.1) is 14.2 Å². The third-order valence-corrected chi connectivity index (χ3v) is 4.06. The van der Waals surface area contributed by atoms with Crippen LogP contribution in [0, 0.1) is 13.8 Å². The molecule has 2 aromatic rings. The third-order valence-electron chi connectivity index (χ3n) is 3.47. The summed E-state index contributed by atoms with van der Waals surface area (Å²) < 4.78 is 15.7. The van der Waals surface area contributed by atoms with Crippen molar-refractivity contribution in [2.45, 2.75) is 13.8 Å². The molecule has 24 heavy (non-hydrogen) atoms. The summed E-state index contributed by atoms with van der Waals surface area (Å²) in [4.78, 5) is 12.0. The maximum atomic E-state index is 12.0. The van der Waals surface area contributed by atoms with E-state index >= 15 is 0 Å². The molecule has 0 N–H and O–H groups in total. The zero-order chi connectivity index (χ0) is 17.7. The summed E-state index contributed by atoms with van der Waals surface area (Å²) in [6.07, 6.45) is 2.99. The Morgan fingerprint density at radius 2 is 1.67 bits per heavy atom. The Morgan fingerprint density at radius 3 is 2.25 bits per heavy atom. The fourth-order valence-corrected chi connectivity index (χ4v) is 2.34. The quantitative estimate of drug-likeness (QED) is 0.451. The molecule has 0 radical (unpaired) electrons. The van der Waals surface area contributed by atoms with Gasteiger partial charge in [-0.15, -0.1) is 0 Å². The minimum absolute atomic E-state index is 0.464. The van der Waals surface area contributed by atoms with Crippen LogP contribution < -0.4 is 14.2 Å². The number of benzene rings is 2. The molecule has 2 rings (SSSR count). The van der Waals surface area contributed by atoms with E-state index in [1.165, 1.54) is 6.08 Å². The third kappa shape index (κ3) is 4.30. The molecule has 0 aliphatic rings. The molecule has 0 atom stereocenters. The van der Waals surface area contributed by atoms with E-state index in [0.29, 0.717) is 22.3 Å². The van der Waals surface area contributed by atoms with Crippen molar-refractivity contribution in [3.05, 3.63) is 58.1 Å². The number of ether oxygens (including phenoxy) is 3. The van der Waals surface area contributed by atoms with E-state index in [9.17, 15) is 4.79 Å². The lowest BCUT2D eigenvalue weighted by atomic mass is 10.1. The van der Waals surface area contributed by atoms with Gasteiger partial charge in [0.15, 0.2) is 0 Å². The van der Waals surface area contributed by atoms with Crippen LogP contribution in [-0.2, 0) is 4.79 Å². The van der Waals surface area contributed by atoms with Gasteiger partial charge in [-0.1, -0.05) is 11.6 Å². The summed E-state index contributed by atoms with van der Waals surface area (Å²) in [5, 5.41) is 0.674. The number of esters is 1. The van der Waals surface area contributed by atoms with Gasteiger partial charge >= 0.3 is 5.97 Å². The molecular weight excluding hydrogens is 328 g/mol. The number of hydrogen-bond acceptors (Lipinski definition) is 4. The van der Waals surface area contributed by atoms with Crippen molar-refractivity contribution in [1.82, 2.24) is 0 Å². The lowest BCUT2D eigenvalue weighted by Crippen LogP contribution is -2.04. The Balaban J connectivity index is 2.14. The van der Waals surface area contributed by atoms with Gasteiger partial charge in [0, 0.05) is 22.7 Å². The molecule has 0 saturated heterocycles. The lowest BCUT2D eigenvalue weighted by Gasteiger charge is -2.08. The first-order valence-corrected chi connectivity index (χ1v) is 7.71. The lowest BCUT2D eigenvalue weighted by molar-refractivity contribution is -0.128. The van der Waals surface area contributed by atoms with Crippen LogP contribution >= 0.6 is 11.6 Å². The molecule has 2 aromatic carbocycles. The Bertz CT molecular complexity index is 758. The SMILES string of the molecule is COc1ccc(C=CC(=O)Oc2cc(C)c(Cl)c(C)c2)c(OC)c1. The first-order valence-electron chi connectivity index (χ1n) is 7.33. The maximum Gasteiger partial charge on any atom is 0.336 e. The standard InChI is InChI=1S/C19H19ClO4/c1-12-9-16(10-13(2)19(12)20)24-18(21)8-6-14-5-7-15(22-3)11-17(14)23-4/h5-11H,1-4H3. The van der Waals surface area contributed by atoms with E-state index < -0.39 is 5.97 Å². The van der Waals surface area contributed by atoms with Crippen LogP contribution in [0.3, 0.4) is 0 Å². The smallest absolute Gasteiger partial charge is 0.336 e. The van der Waals surface area contributed by atoms with Gasteiger partial charge in [-0.2, -0.15) is 0 Å². The van der Waals surface area contributed by atoms with Crippen LogP contribution in [0.5, 0.6) is 17.2 Å². The number of carbonyl (C=O) groups is 1. The van der Waals surface area contributed by atoms with E-state index in [1.807, 2.05) is 13.8 Å². The molecule has 4 nitrogen and oxygen atoms in total. The predicted molar refractivity (Wildman–Crippen MR) is 95.1 cm³/mol. The van der Waals surface area contributed by atoms with Crippen molar-refractivity contribution < 1.29 is 19.0 Å². The summed E-state index contributed by atoms with van der Waals surface area (Å²) in [5.74, 6) is 1.27. The monoisotopic (exact) mass is 346 g/mol. The first-order chi connectivity index (χ1) is 11.4. The summed E-state index contributed by atoms with van der Waals surface area (Å²) >= 11 is 6.11. The second-order valence-corrected chi connectivity index (χ2v) is 5.61. The Kier molecular flexibility index (Phi) is 5.88. The average molecular weight is 347 g/mol. The second kappa shape index (κ2) is 7.88. The highest BCUT2D eigenvalue weighted by Crippen LogP contribution is 2.27. The zero-order valence-electron chi connectivity index (χ0n) is 14.1. The van der Waals surface area contributed by atoms with E-state index in [-0.39, 0.29) is 0 Å². The second-order valence-electron chi connectivity index (χ2n) is 5.23. The molecule has 0 fully saturated rings. The highest BCUT2D eigenvalue weighted by Gasteiger charge is 2.07. The van der Waals surface area contributed by atoms with Gasteiger partial charge in [-0.05, 0) is 55.3 Å². The molecule has 0 saturated carbocycles. The maximum absolute atomic E-state index is 12.0. The van der Waals surface area contributed by atoms with Crippen molar-refractivity contribution >= 4 is 23.6 Å². The summed E-state index contributed by atoms with van der Waals surface area (Å²) in [6, 6.07) is 8.80. The van der Waals surface area contributed by atoms with Crippen LogP contribution in [0.15, 0.2) is 36.4 Å². The number of halogens is 1. The number of methoxy groups -OCH3 is 2. The van der Waals surface area contributed by atoms with Gasteiger partial charge in [0.2, 0.25) is 0 Å². The number of carbonyl (C=O) groups excluding carboxylic acids is 1. The Labute approximate surface area is 146 Å². The normalized spacial score (nSPS) is 10.7. The van der Waals surface area contributed by atoms with Crippen molar-refractivity contribution in [3.8, 4) is 17.2 Å². The Morgan fingerprint density at radius 1 is 1.00 bits per heavy atom. The molecule has 5 heteroatoms. The molecule has 0 heterocycles. The van der Waals surface area contributed by atoms with Gasteiger partial charge in [-0.25, -0.2) is 4.79 Å². The molecule has 0 spiro atoms. The van der Waals surface area contributed by atoms with Crippen molar-refractivity contribution in [1.29, 1.82) is 0 Å². The van der Waals surface area contributed by atoms with Crippen molar-refractivity contribution in [2.75, 3.05) is 14.2 Å². The predicted octanol–water partition coefficient (Wildman–Crippen LogP) is 4.59. The fourth-order valence-electron chi connectivity index (χ4n) is 2.23. The largest absolute Gasteiger partial charge is 0.497 e. The molecule has 0 aliphatic carbocycles. The molecule has 0 aromatic heterocycles. The van der Waals surface area contributed by atoms with Crippen LogP contribution in [-0.4, -0.2) is 20.2 Å². The van der Waals surface area contributed by atoms with Crippen LogP contribution in [0.4, 0.5) is 0 Å². The van der Waals surface area contributed by atoms with E-state index in [2.05, 4.69) is 0 Å². The van der Waals surface area contributed by atoms with E-state index in [1.54, 1.807) is 50.6 Å². The van der Waals surface area contributed by atoms with E-state index in [0.717, 1.165) is 16.7 Å². The number of hydrogen-bond donors (Lipinski definition) is 0. The van der Waals surface area contributed by atoms with Crippen LogP contribution in [0.2, 0.25) is 5.02 Å². The number of rotatable bonds is 5. The van der Waals surface area contributed by atoms with Crippen molar-refractivity contribution in [3.63, 3.8) is 0 Å². The highest BCUT2D eigenvalue weighted by atomic mass is 35.5. The summed E-state index contributed by atoms with van der Waals surface area (Å²) in [6.45, 7) is 3.73. The van der Waals surface area contributed by atoms with Crippen molar-refractivity contribution in [2.24, 2.45) is 0 Å². The van der Waals surface area contributed by atoms with Crippen LogP contribution in [0.1, 0.15) is 16.7 Å². The van der Waals surface area contributed by atoms with Gasteiger partial charge in [0.1, 0.15) is 17.2 Å². The molecule has 126 valence electrons. The molecule has 0 unspecified atom stereocenters.